The van der Waals surface area contributed by atoms with Crippen LogP contribution in [0.3, 0.4) is 0 Å². The average molecular weight is 490 g/mol. The third-order valence-corrected chi connectivity index (χ3v) is 6.71. The van der Waals surface area contributed by atoms with Crippen LogP contribution in [0.4, 0.5) is 23.7 Å². The number of halogens is 3. The first-order valence-corrected chi connectivity index (χ1v) is 10.9. The van der Waals surface area contributed by atoms with Crippen molar-refractivity contribution >= 4 is 23.6 Å². The molecule has 2 saturated carbocycles. The van der Waals surface area contributed by atoms with Gasteiger partial charge in [0.2, 0.25) is 5.88 Å². The number of primary amides is 1. The zero-order valence-corrected chi connectivity index (χ0v) is 18.3. The van der Waals surface area contributed by atoms with Gasteiger partial charge in [-0.1, -0.05) is 0 Å². The van der Waals surface area contributed by atoms with Crippen molar-refractivity contribution in [1.82, 2.24) is 10.3 Å². The van der Waals surface area contributed by atoms with E-state index >= 15 is 0 Å². The zero-order valence-electron chi connectivity index (χ0n) is 18.3. The van der Waals surface area contributed by atoms with Crippen LogP contribution in [0.25, 0.3) is 0 Å². The Balaban J connectivity index is 1.21. The molecule has 1 aromatic carbocycles. The number of cyclic esters (lactones) is 1. The van der Waals surface area contributed by atoms with Crippen LogP contribution in [0.5, 0.6) is 5.88 Å². The number of benzene rings is 1. The second-order valence-corrected chi connectivity index (χ2v) is 9.20. The molecule has 3 amide bonds. The number of nitrogens with two attached hydrogens (primary N) is 1. The molecule has 2 aromatic rings. The molecule has 0 unspecified atom stereocenters. The molecule has 0 radical (unpaired) electrons. The molecule has 5 rings (SSSR count). The molecule has 2 fully saturated rings. The van der Waals surface area contributed by atoms with Gasteiger partial charge in [0, 0.05) is 17.8 Å². The van der Waals surface area contributed by atoms with E-state index < -0.39 is 29.6 Å². The van der Waals surface area contributed by atoms with Crippen LogP contribution in [0.1, 0.15) is 57.5 Å². The molecule has 1 aliphatic heterocycles. The maximum atomic E-state index is 13.3. The zero-order chi connectivity index (χ0) is 25.0. The standard InChI is InChI=1S/C23H21F3N4O5/c24-23(25,26)12-4-11-10-34-21(33)30-17(11)16(5-12)19(32)29-13-6-22(7-13)8-14(9-22)35-20-15(18(27)31)2-1-3-28-20/h1-5,13-14H,6-10H2,(H2,27,31)(H,29,32)(H,30,33). The van der Waals surface area contributed by atoms with Gasteiger partial charge >= 0.3 is 12.3 Å². The molecule has 9 nitrogen and oxygen atoms in total. The van der Waals surface area contributed by atoms with Crippen molar-refractivity contribution in [2.24, 2.45) is 11.1 Å². The van der Waals surface area contributed by atoms with Gasteiger partial charge in [-0.2, -0.15) is 13.2 Å². The maximum absolute atomic E-state index is 13.3. The average Bonchev–Trinajstić information content (AvgIpc) is 2.74. The summed E-state index contributed by atoms with van der Waals surface area (Å²) in [6.07, 6.45) is -1.46. The molecule has 3 aliphatic rings. The number of nitrogens with zero attached hydrogens (tertiary/aromatic N) is 1. The molecule has 1 spiro atoms. The number of hydrogen-bond donors (Lipinski definition) is 3. The number of anilines is 1. The highest BCUT2D eigenvalue weighted by molar-refractivity contribution is 6.04. The Morgan fingerprint density at radius 2 is 1.94 bits per heavy atom. The predicted octanol–water partition coefficient (Wildman–Crippen LogP) is 3.38. The van der Waals surface area contributed by atoms with Gasteiger partial charge in [0.05, 0.1) is 16.8 Å². The quantitative estimate of drug-likeness (QED) is 0.589. The molecule has 0 atom stereocenters. The number of amides is 3. The summed E-state index contributed by atoms with van der Waals surface area (Å²) in [6.45, 7) is -0.354. The van der Waals surface area contributed by atoms with Crippen molar-refractivity contribution in [2.45, 2.75) is 50.6 Å². The van der Waals surface area contributed by atoms with Gasteiger partial charge in [-0.05, 0) is 55.4 Å². The van der Waals surface area contributed by atoms with Crippen molar-refractivity contribution < 1.29 is 37.0 Å². The van der Waals surface area contributed by atoms with Crippen molar-refractivity contribution in [3.8, 4) is 5.88 Å². The van der Waals surface area contributed by atoms with Gasteiger partial charge in [-0.25, -0.2) is 9.78 Å². The second-order valence-electron chi connectivity index (χ2n) is 9.20. The topological polar surface area (TPSA) is 133 Å². The smallest absolute Gasteiger partial charge is 0.416 e. The van der Waals surface area contributed by atoms with Crippen LogP contribution in [0.2, 0.25) is 0 Å². The molecule has 2 aliphatic carbocycles. The van der Waals surface area contributed by atoms with Crippen LogP contribution in [0.15, 0.2) is 30.5 Å². The van der Waals surface area contributed by atoms with Gasteiger partial charge in [0.15, 0.2) is 0 Å². The Bertz CT molecular complexity index is 1220. The number of carbonyl (C=O) groups excluding carboxylic acids is 3. The lowest BCUT2D eigenvalue weighted by Gasteiger charge is -2.57. The number of carbonyl (C=O) groups is 3. The molecule has 184 valence electrons. The summed E-state index contributed by atoms with van der Waals surface area (Å²) in [7, 11) is 0. The third kappa shape index (κ3) is 4.35. The molecule has 0 saturated heterocycles. The Morgan fingerprint density at radius 1 is 1.20 bits per heavy atom. The van der Waals surface area contributed by atoms with Crippen molar-refractivity contribution in [3.63, 3.8) is 0 Å². The van der Waals surface area contributed by atoms with E-state index in [2.05, 4.69) is 15.6 Å². The van der Waals surface area contributed by atoms with E-state index in [1.807, 2.05) is 0 Å². The van der Waals surface area contributed by atoms with Crippen molar-refractivity contribution in [3.05, 3.63) is 52.7 Å². The van der Waals surface area contributed by atoms with Crippen LogP contribution in [-0.4, -0.2) is 35.0 Å². The molecular weight excluding hydrogens is 469 g/mol. The van der Waals surface area contributed by atoms with Gasteiger partial charge in [-0.15, -0.1) is 0 Å². The molecule has 1 aromatic heterocycles. The summed E-state index contributed by atoms with van der Waals surface area (Å²) in [5.41, 5.74) is 4.37. The highest BCUT2D eigenvalue weighted by Gasteiger charge is 2.54. The minimum Gasteiger partial charge on any atom is -0.474 e. The minimum atomic E-state index is -4.66. The number of hydrogen-bond acceptors (Lipinski definition) is 6. The lowest BCUT2D eigenvalue weighted by molar-refractivity contribution is -0.137. The fourth-order valence-corrected chi connectivity index (χ4v) is 5.09. The fourth-order valence-electron chi connectivity index (χ4n) is 5.09. The predicted molar refractivity (Wildman–Crippen MR) is 115 cm³/mol. The number of pyridine rings is 1. The van der Waals surface area contributed by atoms with Crippen molar-refractivity contribution in [1.29, 1.82) is 0 Å². The van der Waals surface area contributed by atoms with Crippen LogP contribution in [0, 0.1) is 5.41 Å². The fraction of sp³-hybridized carbons (Fsp3) is 0.391. The van der Waals surface area contributed by atoms with Crippen molar-refractivity contribution in [2.75, 3.05) is 5.32 Å². The Morgan fingerprint density at radius 3 is 2.63 bits per heavy atom. The molecule has 4 N–H and O–H groups in total. The summed E-state index contributed by atoms with van der Waals surface area (Å²) >= 11 is 0. The van der Waals surface area contributed by atoms with E-state index in [0.717, 1.165) is 12.1 Å². The first-order chi connectivity index (χ1) is 16.5. The van der Waals surface area contributed by atoms with Gasteiger partial charge in [0.1, 0.15) is 18.3 Å². The maximum Gasteiger partial charge on any atom is 0.416 e. The number of ether oxygens (including phenoxy) is 2. The molecule has 35 heavy (non-hydrogen) atoms. The summed E-state index contributed by atoms with van der Waals surface area (Å²) in [5, 5.41) is 5.11. The number of nitrogens with one attached hydrogen (secondary N) is 2. The van der Waals surface area contributed by atoms with Crippen LogP contribution < -0.4 is 21.1 Å². The van der Waals surface area contributed by atoms with Gasteiger partial charge in [-0.3, -0.25) is 14.9 Å². The minimum absolute atomic E-state index is 0.0264. The monoisotopic (exact) mass is 490 g/mol. The third-order valence-electron chi connectivity index (χ3n) is 6.71. The molecule has 0 bridgehead atoms. The number of rotatable bonds is 5. The number of alkyl halides is 3. The summed E-state index contributed by atoms with van der Waals surface area (Å²) in [5.74, 6) is -1.14. The highest BCUT2D eigenvalue weighted by Crippen LogP contribution is 2.57. The Hall–Kier alpha value is -3.83. The Kier molecular flexibility index (Phi) is 5.33. The summed E-state index contributed by atoms with van der Waals surface area (Å²) in [6, 6.07) is 4.51. The SMILES string of the molecule is NC(=O)c1cccnc1OC1CC2(CC(NC(=O)c3cc(C(F)(F)F)cc4c3NC(=O)OC4)C2)C1. The van der Waals surface area contributed by atoms with E-state index in [9.17, 15) is 27.6 Å². The van der Waals surface area contributed by atoms with E-state index in [1.165, 1.54) is 12.3 Å². The lowest BCUT2D eigenvalue weighted by atomic mass is 9.53. The first kappa shape index (κ1) is 22.9. The van der Waals surface area contributed by atoms with Gasteiger partial charge in [0.25, 0.3) is 11.8 Å². The Labute approximate surface area is 197 Å². The van der Waals surface area contributed by atoms with Gasteiger partial charge < -0.3 is 20.5 Å². The molecule has 12 heteroatoms. The lowest BCUT2D eigenvalue weighted by Crippen LogP contribution is -2.58. The van der Waals surface area contributed by atoms with Crippen LogP contribution in [-0.2, 0) is 17.5 Å². The highest BCUT2D eigenvalue weighted by atomic mass is 19.4. The van der Waals surface area contributed by atoms with Crippen LogP contribution >= 0.6 is 0 Å². The second kappa shape index (κ2) is 8.14. The normalized spacial score (nSPS) is 24.8. The van der Waals surface area contributed by atoms with E-state index in [1.54, 1.807) is 6.07 Å². The summed E-state index contributed by atoms with van der Waals surface area (Å²) in [4.78, 5) is 40.1. The van der Waals surface area contributed by atoms with E-state index in [0.29, 0.717) is 25.7 Å². The summed E-state index contributed by atoms with van der Waals surface area (Å²) < 4.78 is 50.6. The van der Waals surface area contributed by atoms with E-state index in [4.69, 9.17) is 15.2 Å². The van der Waals surface area contributed by atoms with E-state index in [-0.39, 0.29) is 52.4 Å². The largest absolute Gasteiger partial charge is 0.474 e. The molecule has 2 heterocycles. The number of aromatic nitrogens is 1. The first-order valence-electron chi connectivity index (χ1n) is 10.9. The number of fused-ring (bicyclic) bond motifs is 1. The molecular formula is C23H21F3N4O5.